The molecule has 19 heavy (non-hydrogen) atoms. The molecule has 0 heterocycles. The van der Waals surface area contributed by atoms with E-state index in [0.29, 0.717) is 18.8 Å². The Bertz CT molecular complexity index is 473. The fraction of sp³-hybridized carbons (Fsp3) is 0.733. The summed E-state index contributed by atoms with van der Waals surface area (Å²) in [6.07, 6.45) is 5.42. The van der Waals surface area contributed by atoms with Gasteiger partial charge in [-0.3, -0.25) is 0 Å². The Morgan fingerprint density at radius 2 is 1.32 bits per heavy atom. The highest BCUT2D eigenvalue weighted by atomic mass is 14.9. The van der Waals surface area contributed by atoms with Gasteiger partial charge in [-0.2, -0.15) is 21.0 Å². The first-order valence-corrected chi connectivity index (χ1v) is 6.78. The van der Waals surface area contributed by atoms with Crippen molar-refractivity contribution in [2.45, 2.75) is 45.4 Å². The van der Waals surface area contributed by atoms with Crippen LogP contribution in [0.25, 0.3) is 0 Å². The van der Waals surface area contributed by atoms with Gasteiger partial charge in [0.2, 0.25) is 0 Å². The van der Waals surface area contributed by atoms with Crippen LogP contribution in [-0.2, 0) is 0 Å². The summed E-state index contributed by atoms with van der Waals surface area (Å²) in [5.74, 6) is 0.612. The van der Waals surface area contributed by atoms with Gasteiger partial charge in [0.1, 0.15) is 0 Å². The molecule has 0 radical (unpaired) electrons. The normalized spacial score (nSPS) is 25.5. The number of hydrogen-bond acceptors (Lipinski definition) is 4. The third kappa shape index (κ3) is 1.25. The van der Waals surface area contributed by atoms with E-state index in [1.165, 1.54) is 0 Å². The van der Waals surface area contributed by atoms with E-state index in [0.717, 1.165) is 25.7 Å². The fourth-order valence-electron chi connectivity index (χ4n) is 4.12. The van der Waals surface area contributed by atoms with Crippen molar-refractivity contribution in [3.8, 4) is 24.3 Å². The molecule has 1 spiro atoms. The van der Waals surface area contributed by atoms with Crippen LogP contribution < -0.4 is 0 Å². The summed E-state index contributed by atoms with van der Waals surface area (Å²) in [6.45, 7) is 2.14. The summed E-state index contributed by atoms with van der Waals surface area (Å²) >= 11 is 0. The quantitative estimate of drug-likeness (QED) is 0.754. The highest BCUT2D eigenvalue weighted by molar-refractivity contribution is 5.56. The van der Waals surface area contributed by atoms with Crippen LogP contribution in [0.1, 0.15) is 45.4 Å². The summed E-state index contributed by atoms with van der Waals surface area (Å²) < 4.78 is 0. The van der Waals surface area contributed by atoms with Crippen LogP contribution in [-0.4, -0.2) is 0 Å². The topological polar surface area (TPSA) is 95.2 Å². The highest BCUT2D eigenvalue weighted by Crippen LogP contribution is 2.82. The second-order valence-corrected chi connectivity index (χ2v) is 5.76. The van der Waals surface area contributed by atoms with Crippen LogP contribution in [0, 0.1) is 67.5 Å². The lowest BCUT2D eigenvalue weighted by Gasteiger charge is -2.29. The summed E-state index contributed by atoms with van der Waals surface area (Å²) in [7, 11) is 0. The zero-order valence-corrected chi connectivity index (χ0v) is 11.1. The Kier molecular flexibility index (Phi) is 3.00. The number of nitrogens with zero attached hydrogens (tertiary/aromatic N) is 4. The number of hydrogen-bond donors (Lipinski definition) is 0. The smallest absolute Gasteiger partial charge is 0.184 e. The Labute approximate surface area is 113 Å². The lowest BCUT2D eigenvalue weighted by molar-refractivity contribution is 0.213. The highest BCUT2D eigenvalue weighted by Gasteiger charge is 2.90. The van der Waals surface area contributed by atoms with Crippen molar-refractivity contribution in [3.63, 3.8) is 0 Å². The molecule has 0 bridgehead atoms. The molecule has 0 atom stereocenters. The number of nitriles is 4. The van der Waals surface area contributed by atoms with Crippen molar-refractivity contribution in [1.29, 1.82) is 21.0 Å². The standard InChI is InChI=1S/C15H16N4/c1-2-3-12-4-6-13(7-5-12)14(8-16,9-17)15(13,10-18)11-19/h12H,2-7H2,1H3. The van der Waals surface area contributed by atoms with E-state index in [2.05, 4.69) is 6.92 Å². The van der Waals surface area contributed by atoms with Gasteiger partial charge in [0.15, 0.2) is 10.8 Å². The van der Waals surface area contributed by atoms with Crippen molar-refractivity contribution in [3.05, 3.63) is 0 Å². The van der Waals surface area contributed by atoms with Gasteiger partial charge >= 0.3 is 0 Å². The molecule has 0 aromatic heterocycles. The largest absolute Gasteiger partial charge is 0.196 e. The third-order valence-electron chi connectivity index (χ3n) is 5.26. The Hall–Kier alpha value is -2.04. The lowest BCUT2D eigenvalue weighted by atomic mass is 9.73. The number of rotatable bonds is 2. The Morgan fingerprint density at radius 3 is 1.63 bits per heavy atom. The van der Waals surface area contributed by atoms with Crippen molar-refractivity contribution < 1.29 is 0 Å². The van der Waals surface area contributed by atoms with E-state index in [-0.39, 0.29) is 0 Å². The first kappa shape index (κ1) is 13.4. The first-order valence-electron chi connectivity index (χ1n) is 6.78. The third-order valence-corrected chi connectivity index (χ3v) is 5.26. The van der Waals surface area contributed by atoms with E-state index in [4.69, 9.17) is 0 Å². The molecular weight excluding hydrogens is 236 g/mol. The molecule has 4 heteroatoms. The minimum atomic E-state index is -1.42. The van der Waals surface area contributed by atoms with Crippen molar-refractivity contribution >= 4 is 0 Å². The van der Waals surface area contributed by atoms with Crippen molar-refractivity contribution in [2.24, 2.45) is 22.2 Å². The molecule has 0 aromatic rings. The van der Waals surface area contributed by atoms with Gasteiger partial charge in [-0.15, -0.1) is 0 Å². The van der Waals surface area contributed by atoms with Gasteiger partial charge in [-0.05, 0) is 31.6 Å². The van der Waals surface area contributed by atoms with Gasteiger partial charge in [-0.1, -0.05) is 19.8 Å². The summed E-state index contributed by atoms with van der Waals surface area (Å²) in [6, 6.07) is 7.98. The molecule has 2 rings (SSSR count). The van der Waals surface area contributed by atoms with E-state index in [1.807, 2.05) is 24.3 Å². The maximum atomic E-state index is 9.37. The Balaban J connectivity index is 2.33. The van der Waals surface area contributed by atoms with Crippen LogP contribution in [0.4, 0.5) is 0 Å². The molecule has 2 aliphatic rings. The van der Waals surface area contributed by atoms with Crippen LogP contribution in [0.15, 0.2) is 0 Å². The average Bonchev–Trinajstić information content (AvgIpc) is 2.96. The van der Waals surface area contributed by atoms with E-state index in [9.17, 15) is 21.0 Å². The second-order valence-electron chi connectivity index (χ2n) is 5.76. The van der Waals surface area contributed by atoms with Crippen molar-refractivity contribution in [2.75, 3.05) is 0 Å². The van der Waals surface area contributed by atoms with E-state index < -0.39 is 16.2 Å². The first-order chi connectivity index (χ1) is 9.13. The fourth-order valence-corrected chi connectivity index (χ4v) is 4.12. The van der Waals surface area contributed by atoms with Gasteiger partial charge in [-0.25, -0.2) is 0 Å². The second kappa shape index (κ2) is 4.26. The Morgan fingerprint density at radius 1 is 0.895 bits per heavy atom. The molecule has 2 saturated carbocycles. The van der Waals surface area contributed by atoms with Gasteiger partial charge in [0.25, 0.3) is 0 Å². The summed E-state index contributed by atoms with van der Waals surface area (Å²) in [5.41, 5.74) is -3.54. The van der Waals surface area contributed by atoms with E-state index in [1.54, 1.807) is 0 Å². The van der Waals surface area contributed by atoms with Crippen LogP contribution >= 0.6 is 0 Å². The maximum Gasteiger partial charge on any atom is 0.184 e. The molecule has 96 valence electrons. The molecular formula is C15H16N4. The zero-order chi connectivity index (χ0) is 14.1. The van der Waals surface area contributed by atoms with Crippen LogP contribution in [0.3, 0.4) is 0 Å². The molecule has 4 nitrogen and oxygen atoms in total. The SMILES string of the molecule is CCCC1CCC2(CC1)C(C#N)(C#N)C2(C#N)C#N. The molecule has 0 unspecified atom stereocenters. The monoisotopic (exact) mass is 252 g/mol. The minimum absolute atomic E-state index is 0.612. The minimum Gasteiger partial charge on any atom is -0.196 e. The molecule has 2 fully saturated rings. The van der Waals surface area contributed by atoms with Crippen molar-refractivity contribution in [1.82, 2.24) is 0 Å². The van der Waals surface area contributed by atoms with Gasteiger partial charge in [0, 0.05) is 5.41 Å². The van der Waals surface area contributed by atoms with Crippen LogP contribution in [0.2, 0.25) is 0 Å². The molecule has 0 aliphatic heterocycles. The molecule has 0 N–H and O–H groups in total. The predicted molar refractivity (Wildman–Crippen MR) is 66.6 cm³/mol. The van der Waals surface area contributed by atoms with Gasteiger partial charge in [0.05, 0.1) is 24.3 Å². The summed E-state index contributed by atoms with van der Waals surface area (Å²) in [4.78, 5) is 0. The molecule has 2 aliphatic carbocycles. The average molecular weight is 252 g/mol. The summed E-state index contributed by atoms with van der Waals surface area (Å²) in [5, 5.41) is 37.5. The lowest BCUT2D eigenvalue weighted by Crippen LogP contribution is -2.22. The van der Waals surface area contributed by atoms with E-state index >= 15 is 0 Å². The predicted octanol–water partition coefficient (Wildman–Crippen LogP) is 3.04. The zero-order valence-electron chi connectivity index (χ0n) is 11.1. The van der Waals surface area contributed by atoms with Gasteiger partial charge < -0.3 is 0 Å². The molecule has 0 amide bonds. The maximum absolute atomic E-state index is 9.37. The van der Waals surface area contributed by atoms with Crippen LogP contribution in [0.5, 0.6) is 0 Å². The molecule has 0 aromatic carbocycles. The molecule has 0 saturated heterocycles.